The molecule has 37 heavy (non-hydrogen) atoms. The lowest BCUT2D eigenvalue weighted by Crippen LogP contribution is -2.27. The van der Waals surface area contributed by atoms with Crippen molar-refractivity contribution in [3.63, 3.8) is 0 Å². The van der Waals surface area contributed by atoms with Crippen molar-refractivity contribution in [3.05, 3.63) is 81.2 Å². The molecule has 2 amide bonds. The summed E-state index contributed by atoms with van der Waals surface area (Å²) in [5.41, 5.74) is 1.75. The van der Waals surface area contributed by atoms with Crippen molar-refractivity contribution < 1.29 is 23.8 Å². The van der Waals surface area contributed by atoms with Crippen LogP contribution in [0.2, 0.25) is 10.0 Å². The van der Waals surface area contributed by atoms with Gasteiger partial charge < -0.3 is 19.5 Å². The number of nitrogens with zero attached hydrogens (tertiary/aromatic N) is 1. The lowest BCUT2D eigenvalue weighted by Gasteiger charge is -2.14. The molecule has 0 aliphatic carbocycles. The third-order valence-electron chi connectivity index (χ3n) is 5.19. The van der Waals surface area contributed by atoms with Crippen molar-refractivity contribution in [2.75, 3.05) is 31.0 Å². The minimum absolute atomic E-state index is 0.226. The van der Waals surface area contributed by atoms with Crippen molar-refractivity contribution in [2.24, 2.45) is 0 Å². The Balaban J connectivity index is 1.45. The van der Waals surface area contributed by atoms with Gasteiger partial charge in [-0.15, -0.1) is 0 Å². The summed E-state index contributed by atoms with van der Waals surface area (Å²) in [6.07, 6.45) is 1.73. The first-order chi connectivity index (χ1) is 17.8. The molecule has 3 aromatic rings. The average Bonchev–Trinajstić information content (AvgIpc) is 3.18. The van der Waals surface area contributed by atoms with Crippen LogP contribution in [0.4, 0.5) is 11.4 Å². The van der Waals surface area contributed by atoms with Gasteiger partial charge >= 0.3 is 0 Å². The first kappa shape index (κ1) is 26.8. The van der Waals surface area contributed by atoms with Gasteiger partial charge in [0.2, 0.25) is 0 Å². The zero-order valence-corrected chi connectivity index (χ0v) is 22.8. The molecule has 1 saturated heterocycles. The summed E-state index contributed by atoms with van der Waals surface area (Å²) in [4.78, 5) is 27.4. The maximum absolute atomic E-state index is 13.1. The van der Waals surface area contributed by atoms with Gasteiger partial charge in [0.25, 0.3) is 11.8 Å². The average molecular weight is 575 g/mol. The van der Waals surface area contributed by atoms with Crippen LogP contribution < -0.4 is 24.4 Å². The summed E-state index contributed by atoms with van der Waals surface area (Å²) in [6, 6.07) is 17.2. The second kappa shape index (κ2) is 11.9. The van der Waals surface area contributed by atoms with Gasteiger partial charge in [0.1, 0.15) is 5.75 Å². The number of benzene rings is 3. The Labute approximate surface area is 233 Å². The molecule has 11 heteroatoms. The standard InChI is InChI=1S/C26H20Cl2N2O5S2/c1-33-17-9-7-16(8-10-17)30-25(32)22(37-26(30)36)13-15-6-11-20(21(12-15)34-2)35-14-23(31)29-19-5-3-4-18(27)24(19)28/h3-13H,14H2,1-2H3,(H,29,31)/b22-13-. The van der Waals surface area contributed by atoms with Crippen LogP contribution in [0.5, 0.6) is 17.2 Å². The van der Waals surface area contributed by atoms with E-state index in [1.807, 2.05) is 0 Å². The Hall–Kier alpha value is -3.24. The van der Waals surface area contributed by atoms with Gasteiger partial charge in [-0.25, -0.2) is 0 Å². The molecule has 0 aromatic heterocycles. The van der Waals surface area contributed by atoms with E-state index in [1.165, 1.54) is 23.8 Å². The Kier molecular flexibility index (Phi) is 8.60. The van der Waals surface area contributed by atoms with E-state index >= 15 is 0 Å². The van der Waals surface area contributed by atoms with Crippen molar-refractivity contribution in [2.45, 2.75) is 0 Å². The van der Waals surface area contributed by atoms with E-state index in [4.69, 9.17) is 49.6 Å². The monoisotopic (exact) mass is 574 g/mol. The molecule has 1 heterocycles. The number of methoxy groups -OCH3 is 2. The van der Waals surface area contributed by atoms with Crippen LogP contribution >= 0.6 is 47.2 Å². The highest BCUT2D eigenvalue weighted by molar-refractivity contribution is 8.27. The summed E-state index contributed by atoms with van der Waals surface area (Å²) in [5.74, 6) is 0.795. The molecular weight excluding hydrogens is 555 g/mol. The molecule has 4 rings (SSSR count). The molecule has 7 nitrogen and oxygen atoms in total. The number of ether oxygens (including phenoxy) is 3. The fourth-order valence-corrected chi connectivity index (χ4v) is 5.04. The highest BCUT2D eigenvalue weighted by Crippen LogP contribution is 2.37. The third-order valence-corrected chi connectivity index (χ3v) is 7.32. The molecule has 0 radical (unpaired) electrons. The minimum atomic E-state index is -0.419. The summed E-state index contributed by atoms with van der Waals surface area (Å²) < 4.78 is 16.7. The lowest BCUT2D eigenvalue weighted by molar-refractivity contribution is -0.118. The highest BCUT2D eigenvalue weighted by Gasteiger charge is 2.33. The van der Waals surface area contributed by atoms with Gasteiger partial charge in [-0.05, 0) is 60.2 Å². The quantitative estimate of drug-likeness (QED) is 0.245. The molecule has 0 spiro atoms. The molecule has 1 aliphatic rings. The van der Waals surface area contributed by atoms with Crippen LogP contribution in [0.3, 0.4) is 0 Å². The number of hydrogen-bond donors (Lipinski definition) is 1. The Morgan fingerprint density at radius 3 is 2.51 bits per heavy atom. The van der Waals surface area contributed by atoms with Crippen LogP contribution in [-0.2, 0) is 9.59 Å². The lowest BCUT2D eigenvalue weighted by atomic mass is 10.1. The number of thiocarbonyl (C=S) groups is 1. The zero-order chi connectivity index (χ0) is 26.5. The molecule has 0 bridgehead atoms. The molecule has 1 fully saturated rings. The minimum Gasteiger partial charge on any atom is -0.497 e. The zero-order valence-electron chi connectivity index (χ0n) is 19.6. The maximum atomic E-state index is 13.1. The van der Waals surface area contributed by atoms with Gasteiger partial charge in [-0.2, -0.15) is 0 Å². The van der Waals surface area contributed by atoms with Crippen molar-refractivity contribution >= 4 is 80.8 Å². The fourth-order valence-electron chi connectivity index (χ4n) is 3.40. The van der Waals surface area contributed by atoms with Gasteiger partial charge in [0, 0.05) is 0 Å². The number of amides is 2. The van der Waals surface area contributed by atoms with Gasteiger partial charge in [0.15, 0.2) is 22.4 Å². The normalized spacial score (nSPS) is 14.2. The largest absolute Gasteiger partial charge is 0.497 e. The van der Waals surface area contributed by atoms with E-state index in [9.17, 15) is 9.59 Å². The van der Waals surface area contributed by atoms with Crippen LogP contribution in [-0.4, -0.2) is 37.0 Å². The maximum Gasteiger partial charge on any atom is 0.270 e. The molecule has 0 saturated carbocycles. The molecule has 3 aromatic carbocycles. The number of halogens is 2. The summed E-state index contributed by atoms with van der Waals surface area (Å²) >= 11 is 18.7. The summed E-state index contributed by atoms with van der Waals surface area (Å²) in [5, 5.41) is 3.24. The molecule has 0 atom stereocenters. The van der Waals surface area contributed by atoms with Gasteiger partial charge in [-0.1, -0.05) is 59.3 Å². The molecule has 190 valence electrons. The molecule has 1 N–H and O–H groups in total. The van der Waals surface area contributed by atoms with E-state index in [1.54, 1.807) is 73.8 Å². The number of rotatable bonds is 8. The number of thioether (sulfide) groups is 1. The number of hydrogen-bond acceptors (Lipinski definition) is 7. The Morgan fingerprint density at radius 2 is 1.81 bits per heavy atom. The first-order valence-electron chi connectivity index (χ1n) is 10.8. The number of carbonyl (C=O) groups excluding carboxylic acids is 2. The SMILES string of the molecule is COc1ccc(N2C(=O)/C(=C/c3ccc(OCC(=O)Nc4cccc(Cl)c4Cl)c(OC)c3)SC2=S)cc1. The second-order valence-electron chi connectivity index (χ2n) is 7.56. The molecule has 0 unspecified atom stereocenters. The highest BCUT2D eigenvalue weighted by atomic mass is 35.5. The third kappa shape index (κ3) is 6.19. The number of carbonyl (C=O) groups is 2. The van der Waals surface area contributed by atoms with E-state index in [0.29, 0.717) is 48.4 Å². The van der Waals surface area contributed by atoms with Gasteiger partial charge in [0.05, 0.1) is 40.5 Å². The second-order valence-corrected chi connectivity index (χ2v) is 10.0. The van der Waals surface area contributed by atoms with E-state index in [-0.39, 0.29) is 17.5 Å². The fraction of sp³-hybridized carbons (Fsp3) is 0.115. The predicted molar refractivity (Wildman–Crippen MR) is 152 cm³/mol. The summed E-state index contributed by atoms with van der Waals surface area (Å²) in [6.45, 7) is -0.279. The molecule has 1 aliphatic heterocycles. The van der Waals surface area contributed by atoms with Crippen LogP contribution in [0.1, 0.15) is 5.56 Å². The molecular formula is C26H20Cl2N2O5S2. The number of anilines is 2. The van der Waals surface area contributed by atoms with Crippen LogP contribution in [0.15, 0.2) is 65.6 Å². The Bertz CT molecular complexity index is 1400. The smallest absolute Gasteiger partial charge is 0.270 e. The van der Waals surface area contributed by atoms with E-state index in [2.05, 4.69) is 5.32 Å². The van der Waals surface area contributed by atoms with Crippen molar-refractivity contribution in [1.82, 2.24) is 0 Å². The summed E-state index contributed by atoms with van der Waals surface area (Å²) in [7, 11) is 3.06. The van der Waals surface area contributed by atoms with Crippen molar-refractivity contribution in [3.8, 4) is 17.2 Å². The van der Waals surface area contributed by atoms with Crippen molar-refractivity contribution in [1.29, 1.82) is 0 Å². The van der Waals surface area contributed by atoms with Gasteiger partial charge in [-0.3, -0.25) is 14.5 Å². The van der Waals surface area contributed by atoms with Crippen LogP contribution in [0, 0.1) is 0 Å². The van der Waals surface area contributed by atoms with Crippen LogP contribution in [0.25, 0.3) is 6.08 Å². The topological polar surface area (TPSA) is 77.1 Å². The predicted octanol–water partition coefficient (Wildman–Crippen LogP) is 6.43. The Morgan fingerprint density at radius 1 is 1.05 bits per heavy atom. The van der Waals surface area contributed by atoms with E-state index in [0.717, 1.165) is 0 Å². The first-order valence-corrected chi connectivity index (χ1v) is 12.8. The number of nitrogens with one attached hydrogen (secondary N) is 1. The van der Waals surface area contributed by atoms with E-state index < -0.39 is 5.91 Å².